The Bertz CT molecular complexity index is 1000. The molecule has 1 aliphatic rings. The largest absolute Gasteiger partial charge is 0.447 e. The standard InChI is InChI=1S/C24H34F3N3O6/c1-4-7-8-9-10-12-29(11-5-2)23(33)35-16-19-18(34-13-6-3)14-20(36-19)30-15-17(24(25,26)27)21(31)28-22(30)32/h3,15,18-20H,4-5,7-14,16H2,1-2H3,(H,28,31,32)/t18-,19+,20+/m0/s1. The van der Waals surface area contributed by atoms with Crippen LogP contribution in [0.1, 0.15) is 70.6 Å². The van der Waals surface area contributed by atoms with E-state index in [2.05, 4.69) is 12.8 Å². The predicted octanol–water partition coefficient (Wildman–Crippen LogP) is 3.68. The smallest absolute Gasteiger partial charge is 0.423 e. The van der Waals surface area contributed by atoms with Gasteiger partial charge in [0.15, 0.2) is 0 Å². The van der Waals surface area contributed by atoms with E-state index in [-0.39, 0.29) is 19.6 Å². The molecular weight excluding hydrogens is 483 g/mol. The molecule has 0 aliphatic carbocycles. The number of amides is 1. The van der Waals surface area contributed by atoms with E-state index in [9.17, 15) is 27.6 Å². The monoisotopic (exact) mass is 517 g/mol. The van der Waals surface area contributed by atoms with E-state index in [1.54, 1.807) is 9.88 Å². The van der Waals surface area contributed by atoms with Crippen LogP contribution in [0.5, 0.6) is 0 Å². The van der Waals surface area contributed by atoms with E-state index in [1.807, 2.05) is 6.92 Å². The average molecular weight is 518 g/mol. The SMILES string of the molecule is C#CCO[C@H]1C[C@H](n2cc(C(F)(F)F)c(=O)[nH]c2=O)O[C@@H]1COC(=O)N(CCC)CCCCCCC. The number of hydrogen-bond donors (Lipinski definition) is 1. The van der Waals surface area contributed by atoms with E-state index < -0.39 is 47.5 Å². The second-order valence-electron chi connectivity index (χ2n) is 8.60. The summed E-state index contributed by atoms with van der Waals surface area (Å²) in [5.74, 6) is 2.30. The third kappa shape index (κ3) is 8.41. The number of carbonyl (C=O) groups excluding carboxylic acids is 1. The molecule has 0 spiro atoms. The molecule has 12 heteroatoms. The minimum Gasteiger partial charge on any atom is -0.447 e. The van der Waals surface area contributed by atoms with Crippen molar-refractivity contribution in [3.63, 3.8) is 0 Å². The second-order valence-corrected chi connectivity index (χ2v) is 8.60. The number of aromatic amines is 1. The fourth-order valence-corrected chi connectivity index (χ4v) is 3.97. The number of ether oxygens (including phenoxy) is 3. The maximum absolute atomic E-state index is 13.2. The van der Waals surface area contributed by atoms with Crippen LogP contribution in [0.25, 0.3) is 0 Å². The van der Waals surface area contributed by atoms with E-state index in [0.29, 0.717) is 23.9 Å². The normalized spacial score (nSPS) is 19.7. The number of hydrogen-bond acceptors (Lipinski definition) is 6. The van der Waals surface area contributed by atoms with E-state index in [0.717, 1.165) is 38.5 Å². The molecule has 0 bridgehead atoms. The lowest BCUT2D eigenvalue weighted by Crippen LogP contribution is -2.37. The summed E-state index contributed by atoms with van der Waals surface area (Å²) >= 11 is 0. The molecule has 1 N–H and O–H groups in total. The number of carbonyl (C=O) groups is 1. The van der Waals surface area contributed by atoms with Crippen molar-refractivity contribution in [3.8, 4) is 12.3 Å². The van der Waals surface area contributed by atoms with Gasteiger partial charge in [-0.1, -0.05) is 45.5 Å². The van der Waals surface area contributed by atoms with Crippen LogP contribution in [-0.4, -0.2) is 59.1 Å². The van der Waals surface area contributed by atoms with Gasteiger partial charge >= 0.3 is 18.0 Å². The van der Waals surface area contributed by atoms with Gasteiger partial charge in [0.2, 0.25) is 0 Å². The summed E-state index contributed by atoms with van der Waals surface area (Å²) in [4.78, 5) is 39.8. The van der Waals surface area contributed by atoms with Gasteiger partial charge in [0, 0.05) is 25.7 Å². The molecule has 1 saturated heterocycles. The number of unbranched alkanes of at least 4 members (excludes halogenated alkanes) is 4. The Morgan fingerprint density at radius 3 is 2.58 bits per heavy atom. The van der Waals surface area contributed by atoms with Crippen molar-refractivity contribution >= 4 is 6.09 Å². The number of nitrogens with one attached hydrogen (secondary N) is 1. The van der Waals surface area contributed by atoms with Crippen molar-refractivity contribution in [3.05, 3.63) is 32.6 Å². The zero-order chi connectivity index (χ0) is 26.7. The molecule has 0 saturated carbocycles. The zero-order valence-electron chi connectivity index (χ0n) is 20.6. The first-order valence-corrected chi connectivity index (χ1v) is 12.2. The Kier molecular flexibility index (Phi) is 11.5. The van der Waals surface area contributed by atoms with Gasteiger partial charge < -0.3 is 19.1 Å². The van der Waals surface area contributed by atoms with Crippen LogP contribution in [0.3, 0.4) is 0 Å². The van der Waals surface area contributed by atoms with Crippen molar-refractivity contribution < 1.29 is 32.2 Å². The highest BCUT2D eigenvalue weighted by Gasteiger charge is 2.40. The summed E-state index contributed by atoms with van der Waals surface area (Å²) in [6, 6.07) is 0. The van der Waals surface area contributed by atoms with Gasteiger partial charge in [-0.05, 0) is 12.8 Å². The number of aromatic nitrogens is 2. The number of alkyl halides is 3. The van der Waals surface area contributed by atoms with E-state index in [1.165, 1.54) is 0 Å². The minimum absolute atomic E-state index is 0.0384. The van der Waals surface area contributed by atoms with Crippen molar-refractivity contribution in [2.24, 2.45) is 0 Å². The fourth-order valence-electron chi connectivity index (χ4n) is 3.97. The molecule has 1 amide bonds. The Morgan fingerprint density at radius 2 is 1.94 bits per heavy atom. The first-order chi connectivity index (χ1) is 17.1. The van der Waals surface area contributed by atoms with Gasteiger partial charge in [0.25, 0.3) is 5.56 Å². The van der Waals surface area contributed by atoms with Crippen LogP contribution in [0.4, 0.5) is 18.0 Å². The molecule has 0 aromatic carbocycles. The lowest BCUT2D eigenvalue weighted by Gasteiger charge is -2.24. The van der Waals surface area contributed by atoms with Crippen molar-refractivity contribution in [1.29, 1.82) is 0 Å². The number of rotatable bonds is 13. The molecule has 1 fully saturated rings. The Morgan fingerprint density at radius 1 is 1.22 bits per heavy atom. The number of halogens is 3. The number of H-pyrrole nitrogens is 1. The summed E-state index contributed by atoms with van der Waals surface area (Å²) in [7, 11) is 0. The summed E-state index contributed by atoms with van der Waals surface area (Å²) in [5.41, 5.74) is -4.14. The fraction of sp³-hybridized carbons (Fsp3) is 0.708. The highest BCUT2D eigenvalue weighted by molar-refractivity contribution is 5.67. The molecule has 2 rings (SSSR count). The zero-order valence-corrected chi connectivity index (χ0v) is 20.6. The highest BCUT2D eigenvalue weighted by atomic mass is 19.4. The molecule has 3 atom stereocenters. The second kappa shape index (κ2) is 14.1. The lowest BCUT2D eigenvalue weighted by atomic mass is 10.1. The van der Waals surface area contributed by atoms with Crippen molar-refractivity contribution in [2.45, 2.75) is 83.4 Å². The van der Waals surface area contributed by atoms with Crippen molar-refractivity contribution in [1.82, 2.24) is 14.5 Å². The lowest BCUT2D eigenvalue weighted by molar-refractivity contribution is -0.139. The van der Waals surface area contributed by atoms with Crippen LogP contribution < -0.4 is 11.2 Å². The molecule has 2 heterocycles. The molecule has 202 valence electrons. The van der Waals surface area contributed by atoms with Gasteiger partial charge in [0.05, 0.1) is 6.10 Å². The molecule has 1 aromatic rings. The molecule has 0 radical (unpaired) electrons. The van der Waals surface area contributed by atoms with Gasteiger partial charge in [-0.15, -0.1) is 6.42 Å². The molecular formula is C24H34F3N3O6. The van der Waals surface area contributed by atoms with Gasteiger partial charge in [-0.25, -0.2) is 9.59 Å². The van der Waals surface area contributed by atoms with Gasteiger partial charge in [-0.2, -0.15) is 13.2 Å². The van der Waals surface area contributed by atoms with Crippen molar-refractivity contribution in [2.75, 3.05) is 26.3 Å². The highest BCUT2D eigenvalue weighted by Crippen LogP contribution is 2.32. The molecule has 0 unspecified atom stereocenters. The maximum Gasteiger partial charge on any atom is 0.423 e. The van der Waals surface area contributed by atoms with Crippen LogP contribution in [-0.2, 0) is 20.4 Å². The first kappa shape index (κ1) is 29.5. The third-order valence-electron chi connectivity index (χ3n) is 5.80. The van der Waals surface area contributed by atoms with Crippen LogP contribution >= 0.6 is 0 Å². The first-order valence-electron chi connectivity index (χ1n) is 12.2. The third-order valence-corrected chi connectivity index (χ3v) is 5.80. The van der Waals surface area contributed by atoms with E-state index >= 15 is 0 Å². The minimum atomic E-state index is -4.96. The van der Waals surface area contributed by atoms with Crippen LogP contribution in [0.15, 0.2) is 15.8 Å². The summed E-state index contributed by atoms with van der Waals surface area (Å²) < 4.78 is 56.9. The Hall–Kier alpha value is -2.78. The number of terminal acetylenes is 1. The average Bonchev–Trinajstić information content (AvgIpc) is 3.22. The topological polar surface area (TPSA) is 103 Å². The van der Waals surface area contributed by atoms with E-state index in [4.69, 9.17) is 20.6 Å². The Balaban J connectivity index is 2.10. The molecule has 36 heavy (non-hydrogen) atoms. The Labute approximate surface area is 207 Å². The molecule has 1 aliphatic heterocycles. The summed E-state index contributed by atoms with van der Waals surface area (Å²) in [5, 5.41) is 0. The molecule has 1 aromatic heterocycles. The molecule has 9 nitrogen and oxygen atoms in total. The maximum atomic E-state index is 13.2. The van der Waals surface area contributed by atoms with Crippen LogP contribution in [0.2, 0.25) is 0 Å². The quantitative estimate of drug-likeness (QED) is 0.316. The van der Waals surface area contributed by atoms with Crippen LogP contribution in [0, 0.1) is 12.3 Å². The van der Waals surface area contributed by atoms with Gasteiger partial charge in [0.1, 0.15) is 31.1 Å². The summed E-state index contributed by atoms with van der Waals surface area (Å²) in [6.07, 6.45) is 3.27. The van der Waals surface area contributed by atoms with Gasteiger partial charge in [-0.3, -0.25) is 14.3 Å². The predicted molar refractivity (Wildman–Crippen MR) is 125 cm³/mol. The summed E-state index contributed by atoms with van der Waals surface area (Å²) in [6.45, 7) is 4.78. The number of nitrogens with zero attached hydrogens (tertiary/aromatic N) is 2.